The highest BCUT2D eigenvalue weighted by Gasteiger charge is 2.25. The fourth-order valence-electron chi connectivity index (χ4n) is 4.05. The van der Waals surface area contributed by atoms with Crippen LogP contribution in [-0.2, 0) is 22.5 Å². The lowest BCUT2D eigenvalue weighted by molar-refractivity contribution is -0.0758. The molecule has 5 heteroatoms. The minimum absolute atomic E-state index is 0.0496. The van der Waals surface area contributed by atoms with Crippen molar-refractivity contribution in [2.45, 2.75) is 32.4 Å². The number of aryl methyl sites for hydroxylation is 2. The van der Waals surface area contributed by atoms with E-state index >= 15 is 0 Å². The molecule has 0 radical (unpaired) electrons. The Bertz CT molecular complexity index is 768. The van der Waals surface area contributed by atoms with E-state index in [0.29, 0.717) is 6.61 Å². The van der Waals surface area contributed by atoms with Gasteiger partial charge in [-0.1, -0.05) is 30.3 Å². The first kappa shape index (κ1) is 18.4. The van der Waals surface area contributed by atoms with Crippen LogP contribution in [0.3, 0.4) is 0 Å². The molecule has 0 spiro atoms. The molecular formula is C22H27FN2O2. The Labute approximate surface area is 160 Å². The maximum Gasteiger partial charge on any atom is 0.123 e. The molecule has 0 N–H and O–H groups in total. The zero-order valence-electron chi connectivity index (χ0n) is 15.9. The zero-order valence-corrected chi connectivity index (χ0v) is 15.9. The minimum atomic E-state index is -0.166. The molecule has 0 amide bonds. The predicted octanol–water partition coefficient (Wildman–Crippen LogP) is 3.72. The van der Waals surface area contributed by atoms with Crippen LogP contribution in [0.25, 0.3) is 0 Å². The average Bonchev–Trinajstić information content (AvgIpc) is 2.67. The summed E-state index contributed by atoms with van der Waals surface area (Å²) in [7, 11) is 0. The number of halogens is 1. The first-order chi connectivity index (χ1) is 13.2. The van der Waals surface area contributed by atoms with Crippen LogP contribution in [0.15, 0.2) is 42.5 Å². The second-order valence-electron chi connectivity index (χ2n) is 7.45. The van der Waals surface area contributed by atoms with Crippen molar-refractivity contribution in [2.75, 3.05) is 37.9 Å². The van der Waals surface area contributed by atoms with Crippen LogP contribution < -0.4 is 5.06 Å². The monoisotopic (exact) mass is 370 g/mol. The lowest BCUT2D eigenvalue weighted by Crippen LogP contribution is -2.45. The van der Waals surface area contributed by atoms with Gasteiger partial charge in [-0.25, -0.2) is 4.39 Å². The third-order valence-electron chi connectivity index (χ3n) is 5.29. The summed E-state index contributed by atoms with van der Waals surface area (Å²) in [6.45, 7) is 6.76. The van der Waals surface area contributed by atoms with E-state index in [1.807, 2.05) is 18.1 Å². The maximum absolute atomic E-state index is 13.7. The highest BCUT2D eigenvalue weighted by Crippen LogP contribution is 2.31. The number of nitrogens with zero attached hydrogens (tertiary/aromatic N) is 2. The van der Waals surface area contributed by atoms with E-state index in [1.165, 1.54) is 5.56 Å². The van der Waals surface area contributed by atoms with Gasteiger partial charge < -0.3 is 4.74 Å². The highest BCUT2D eigenvalue weighted by molar-refractivity contribution is 5.59. The summed E-state index contributed by atoms with van der Waals surface area (Å²) in [6.07, 6.45) is 1.92. The third kappa shape index (κ3) is 4.49. The fraction of sp³-hybridized carbons (Fsp3) is 0.455. The maximum atomic E-state index is 13.7. The van der Waals surface area contributed by atoms with Crippen LogP contribution in [0, 0.1) is 12.7 Å². The summed E-state index contributed by atoms with van der Waals surface area (Å²) in [5.41, 5.74) is 4.32. The van der Waals surface area contributed by atoms with Gasteiger partial charge in [0, 0.05) is 26.2 Å². The number of rotatable bonds is 5. The van der Waals surface area contributed by atoms with Gasteiger partial charge in [-0.05, 0) is 48.6 Å². The minimum Gasteiger partial charge on any atom is -0.373 e. The quantitative estimate of drug-likeness (QED) is 0.801. The molecule has 0 saturated carbocycles. The average molecular weight is 370 g/mol. The van der Waals surface area contributed by atoms with Crippen LogP contribution in [-0.4, -0.2) is 43.9 Å². The van der Waals surface area contributed by atoms with Gasteiger partial charge in [-0.3, -0.25) is 14.8 Å². The Balaban J connectivity index is 1.35. The molecule has 4 rings (SSSR count). The summed E-state index contributed by atoms with van der Waals surface area (Å²) in [5, 5.41) is 1.94. The first-order valence-corrected chi connectivity index (χ1v) is 9.76. The number of hydroxylamine groups is 1. The summed E-state index contributed by atoms with van der Waals surface area (Å²) >= 11 is 0. The number of fused-ring (bicyclic) bond motifs is 1. The van der Waals surface area contributed by atoms with Crippen molar-refractivity contribution in [1.29, 1.82) is 0 Å². The molecule has 1 saturated heterocycles. The molecule has 2 heterocycles. The largest absolute Gasteiger partial charge is 0.373 e. The van der Waals surface area contributed by atoms with Crippen molar-refractivity contribution >= 4 is 5.69 Å². The molecule has 1 unspecified atom stereocenters. The summed E-state index contributed by atoms with van der Waals surface area (Å²) in [4.78, 5) is 8.54. The lowest BCUT2D eigenvalue weighted by atomic mass is 9.99. The van der Waals surface area contributed by atoms with Gasteiger partial charge in [0.2, 0.25) is 0 Å². The predicted molar refractivity (Wildman–Crippen MR) is 104 cm³/mol. The van der Waals surface area contributed by atoms with Gasteiger partial charge in [0.25, 0.3) is 0 Å². The topological polar surface area (TPSA) is 24.9 Å². The van der Waals surface area contributed by atoms with Gasteiger partial charge in [0.15, 0.2) is 0 Å². The smallest absolute Gasteiger partial charge is 0.123 e. The Hall–Kier alpha value is -1.95. The van der Waals surface area contributed by atoms with E-state index in [2.05, 4.69) is 29.2 Å². The van der Waals surface area contributed by atoms with Crippen LogP contribution in [0.4, 0.5) is 10.1 Å². The molecule has 2 aromatic carbocycles. The normalized spacial score (nSPS) is 20.5. The van der Waals surface area contributed by atoms with Crippen molar-refractivity contribution in [2.24, 2.45) is 0 Å². The van der Waals surface area contributed by atoms with Gasteiger partial charge >= 0.3 is 0 Å². The van der Waals surface area contributed by atoms with E-state index in [0.717, 1.165) is 62.4 Å². The lowest BCUT2D eigenvalue weighted by Gasteiger charge is -2.36. The highest BCUT2D eigenvalue weighted by atomic mass is 19.1. The van der Waals surface area contributed by atoms with E-state index in [4.69, 9.17) is 9.57 Å². The molecule has 1 fully saturated rings. The van der Waals surface area contributed by atoms with E-state index in [9.17, 15) is 4.39 Å². The molecule has 4 nitrogen and oxygen atoms in total. The van der Waals surface area contributed by atoms with E-state index < -0.39 is 0 Å². The molecule has 2 aliphatic heterocycles. The number of ether oxygens (including phenoxy) is 1. The molecule has 0 aliphatic carbocycles. The van der Waals surface area contributed by atoms with Crippen LogP contribution in [0.1, 0.15) is 23.1 Å². The summed E-state index contributed by atoms with van der Waals surface area (Å²) < 4.78 is 19.6. The van der Waals surface area contributed by atoms with Gasteiger partial charge in [-0.2, -0.15) is 0 Å². The van der Waals surface area contributed by atoms with Crippen molar-refractivity contribution in [3.8, 4) is 0 Å². The second-order valence-corrected chi connectivity index (χ2v) is 7.45. The molecular weight excluding hydrogens is 343 g/mol. The van der Waals surface area contributed by atoms with Crippen molar-refractivity contribution in [3.05, 3.63) is 65.0 Å². The van der Waals surface area contributed by atoms with Crippen molar-refractivity contribution < 1.29 is 14.0 Å². The van der Waals surface area contributed by atoms with Crippen molar-refractivity contribution in [3.63, 3.8) is 0 Å². The van der Waals surface area contributed by atoms with Gasteiger partial charge in [0.05, 0.1) is 18.4 Å². The molecule has 144 valence electrons. The Morgan fingerprint density at radius 1 is 1.19 bits per heavy atom. The van der Waals surface area contributed by atoms with E-state index in [1.54, 1.807) is 12.1 Å². The number of anilines is 1. The SMILES string of the molecule is Cc1cc(F)cc2c1N(OCC1CN(Cc3ccccc3)CCO1)CCC2. The van der Waals surface area contributed by atoms with Crippen LogP contribution >= 0.6 is 0 Å². The Morgan fingerprint density at radius 3 is 2.89 bits per heavy atom. The number of hydrogen-bond donors (Lipinski definition) is 0. The zero-order chi connectivity index (χ0) is 18.6. The molecule has 27 heavy (non-hydrogen) atoms. The molecule has 1 atom stereocenters. The molecule has 0 aromatic heterocycles. The van der Waals surface area contributed by atoms with Crippen molar-refractivity contribution in [1.82, 2.24) is 4.90 Å². The first-order valence-electron chi connectivity index (χ1n) is 9.76. The fourth-order valence-corrected chi connectivity index (χ4v) is 4.05. The van der Waals surface area contributed by atoms with Crippen LogP contribution in [0.2, 0.25) is 0 Å². The number of benzene rings is 2. The van der Waals surface area contributed by atoms with Crippen LogP contribution in [0.5, 0.6) is 0 Å². The van der Waals surface area contributed by atoms with Gasteiger partial charge in [0.1, 0.15) is 12.4 Å². The third-order valence-corrected chi connectivity index (χ3v) is 5.29. The number of hydrogen-bond acceptors (Lipinski definition) is 4. The second kappa shape index (κ2) is 8.38. The van der Waals surface area contributed by atoms with Gasteiger partial charge in [-0.15, -0.1) is 0 Å². The Morgan fingerprint density at radius 2 is 2.04 bits per heavy atom. The molecule has 2 aromatic rings. The summed E-state index contributed by atoms with van der Waals surface area (Å²) in [6, 6.07) is 13.7. The summed E-state index contributed by atoms with van der Waals surface area (Å²) in [5.74, 6) is -0.166. The molecule has 2 aliphatic rings. The number of morpholine rings is 1. The molecule has 0 bridgehead atoms. The standard InChI is InChI=1S/C22H27FN2O2/c1-17-12-20(23)13-19-8-5-9-25(22(17)19)27-16-21-15-24(10-11-26-21)14-18-6-3-2-4-7-18/h2-4,6-7,12-13,21H,5,8-11,14-16H2,1H3. The van der Waals surface area contributed by atoms with E-state index in [-0.39, 0.29) is 11.9 Å². The Kier molecular flexibility index (Phi) is 5.72.